The first-order valence-corrected chi connectivity index (χ1v) is 12.9. The summed E-state index contributed by atoms with van der Waals surface area (Å²) in [5, 5.41) is 0. The van der Waals surface area contributed by atoms with Crippen LogP contribution in [0, 0.1) is 5.92 Å². The Bertz CT molecular complexity index is 1140. The summed E-state index contributed by atoms with van der Waals surface area (Å²) in [6, 6.07) is 10.8. The molecule has 1 atom stereocenters. The molecular weight excluding hydrogens is 440 g/mol. The SMILES string of the molecule is O=C(C1CCN(C2=NS(=O)(=O)c3ccccc32)CC1)N(Cc1cccnc1)CC1CCCO1. The molecule has 33 heavy (non-hydrogen) atoms. The highest BCUT2D eigenvalue weighted by molar-refractivity contribution is 7.90. The number of hydrogen-bond acceptors (Lipinski definition) is 6. The standard InChI is InChI=1S/C24H28N4O4S/c29-24(28(17-20-6-4-14-32-20)16-18-5-3-11-25-15-18)19-9-12-27(13-10-19)23-21-7-1-2-8-22(21)33(30,31)26-23/h1-3,5,7-8,11,15,19-20H,4,6,9-10,12-14,16-17H2. The van der Waals surface area contributed by atoms with Crippen LogP contribution in [0.3, 0.4) is 0 Å². The number of piperidine rings is 1. The number of aromatic nitrogens is 1. The number of fused-ring (bicyclic) bond motifs is 1. The second-order valence-corrected chi connectivity index (χ2v) is 10.4. The smallest absolute Gasteiger partial charge is 0.285 e. The molecule has 8 nitrogen and oxygen atoms in total. The van der Waals surface area contributed by atoms with Gasteiger partial charge in [0.2, 0.25) is 5.91 Å². The second kappa shape index (κ2) is 9.23. The third-order valence-electron chi connectivity index (χ3n) is 6.61. The summed E-state index contributed by atoms with van der Waals surface area (Å²) in [5.41, 5.74) is 1.65. The molecule has 1 unspecified atom stereocenters. The van der Waals surface area contributed by atoms with Crippen LogP contribution in [0.4, 0.5) is 0 Å². The molecule has 2 aromatic rings. The van der Waals surface area contributed by atoms with E-state index < -0.39 is 10.0 Å². The van der Waals surface area contributed by atoms with E-state index in [-0.39, 0.29) is 22.8 Å². The van der Waals surface area contributed by atoms with Gasteiger partial charge in [0.15, 0.2) is 5.84 Å². The van der Waals surface area contributed by atoms with Crippen LogP contribution in [0.5, 0.6) is 0 Å². The van der Waals surface area contributed by atoms with Crippen LogP contribution >= 0.6 is 0 Å². The highest BCUT2D eigenvalue weighted by Gasteiger charge is 2.36. The maximum atomic E-state index is 13.5. The fourth-order valence-corrected chi connectivity index (χ4v) is 6.12. The van der Waals surface area contributed by atoms with Crippen LogP contribution in [0.1, 0.15) is 36.8 Å². The minimum absolute atomic E-state index is 0.0836. The number of pyridine rings is 1. The average Bonchev–Trinajstić information content (AvgIpc) is 3.45. The van der Waals surface area contributed by atoms with E-state index >= 15 is 0 Å². The summed E-state index contributed by atoms with van der Waals surface area (Å²) < 4.78 is 34.7. The van der Waals surface area contributed by atoms with E-state index in [0.717, 1.165) is 25.0 Å². The lowest BCUT2D eigenvalue weighted by molar-refractivity contribution is -0.139. The van der Waals surface area contributed by atoms with Gasteiger partial charge in [0.1, 0.15) is 4.90 Å². The Morgan fingerprint density at radius 1 is 1.12 bits per heavy atom. The van der Waals surface area contributed by atoms with Crippen molar-refractivity contribution in [3.05, 3.63) is 59.9 Å². The van der Waals surface area contributed by atoms with Gasteiger partial charge in [0, 0.05) is 56.7 Å². The number of carbonyl (C=O) groups excluding carboxylic acids is 1. The monoisotopic (exact) mass is 468 g/mol. The Morgan fingerprint density at radius 2 is 1.94 bits per heavy atom. The molecule has 9 heteroatoms. The summed E-state index contributed by atoms with van der Waals surface area (Å²) in [6.45, 7) is 3.06. The number of sulfonamides is 1. The molecule has 3 aliphatic heterocycles. The molecule has 1 aromatic carbocycles. The summed E-state index contributed by atoms with van der Waals surface area (Å²) in [5.74, 6) is 0.534. The first kappa shape index (κ1) is 22.0. The number of rotatable bonds is 5. The summed E-state index contributed by atoms with van der Waals surface area (Å²) in [7, 11) is -3.64. The molecule has 0 bridgehead atoms. The predicted octanol–water partition coefficient (Wildman–Crippen LogP) is 2.45. The third-order valence-corrected chi connectivity index (χ3v) is 7.94. The summed E-state index contributed by atoms with van der Waals surface area (Å²) in [4.78, 5) is 21.9. The lowest BCUT2D eigenvalue weighted by Gasteiger charge is -2.35. The molecule has 5 rings (SSSR count). The Balaban J connectivity index is 1.27. The normalized spacial score (nSPS) is 22.1. The zero-order chi connectivity index (χ0) is 22.8. The quantitative estimate of drug-likeness (QED) is 0.669. The number of benzene rings is 1. The second-order valence-electron chi connectivity index (χ2n) is 8.86. The van der Waals surface area contributed by atoms with Gasteiger partial charge in [-0.3, -0.25) is 9.78 Å². The van der Waals surface area contributed by atoms with Gasteiger partial charge in [0.25, 0.3) is 10.0 Å². The topological polar surface area (TPSA) is 92.2 Å². The molecule has 3 aliphatic rings. The molecular formula is C24H28N4O4S. The van der Waals surface area contributed by atoms with Crippen LogP contribution < -0.4 is 0 Å². The molecule has 0 N–H and O–H groups in total. The van der Waals surface area contributed by atoms with Crippen molar-refractivity contribution in [1.82, 2.24) is 14.8 Å². The number of amidine groups is 1. The van der Waals surface area contributed by atoms with Crippen LogP contribution in [-0.2, 0) is 26.1 Å². The molecule has 0 saturated carbocycles. The summed E-state index contributed by atoms with van der Waals surface area (Å²) >= 11 is 0. The highest BCUT2D eigenvalue weighted by Crippen LogP contribution is 2.30. The maximum absolute atomic E-state index is 13.5. The molecule has 174 valence electrons. The first-order chi connectivity index (χ1) is 16.0. The number of ether oxygens (including phenoxy) is 1. The Labute approximate surface area is 194 Å². The van der Waals surface area contributed by atoms with E-state index in [1.165, 1.54) is 0 Å². The molecule has 2 saturated heterocycles. The van der Waals surface area contributed by atoms with E-state index in [1.807, 2.05) is 28.0 Å². The summed E-state index contributed by atoms with van der Waals surface area (Å²) in [6.07, 6.45) is 6.95. The van der Waals surface area contributed by atoms with Gasteiger partial charge in [0.05, 0.1) is 6.10 Å². The molecule has 0 aliphatic carbocycles. The van der Waals surface area contributed by atoms with E-state index in [1.54, 1.807) is 30.6 Å². The predicted molar refractivity (Wildman–Crippen MR) is 123 cm³/mol. The van der Waals surface area contributed by atoms with Crippen molar-refractivity contribution in [2.45, 2.75) is 43.2 Å². The lowest BCUT2D eigenvalue weighted by Crippen LogP contribution is -2.46. The minimum atomic E-state index is -3.64. The van der Waals surface area contributed by atoms with Crippen LogP contribution in [0.25, 0.3) is 0 Å². The van der Waals surface area contributed by atoms with Gasteiger partial charge in [-0.15, -0.1) is 4.40 Å². The molecule has 0 radical (unpaired) electrons. The zero-order valence-electron chi connectivity index (χ0n) is 18.5. The van der Waals surface area contributed by atoms with E-state index in [4.69, 9.17) is 4.74 Å². The molecule has 1 amide bonds. The van der Waals surface area contributed by atoms with Crippen molar-refractivity contribution in [3.8, 4) is 0 Å². The van der Waals surface area contributed by atoms with Gasteiger partial charge in [-0.2, -0.15) is 8.42 Å². The Morgan fingerprint density at radius 3 is 2.67 bits per heavy atom. The fraction of sp³-hybridized carbons (Fsp3) is 0.458. The molecule has 2 fully saturated rings. The highest BCUT2D eigenvalue weighted by atomic mass is 32.2. The van der Waals surface area contributed by atoms with Gasteiger partial charge in [-0.25, -0.2) is 0 Å². The number of carbonyl (C=O) groups is 1. The van der Waals surface area contributed by atoms with E-state index in [9.17, 15) is 13.2 Å². The zero-order valence-corrected chi connectivity index (χ0v) is 19.3. The molecule has 1 aromatic heterocycles. The van der Waals surface area contributed by atoms with Crippen LogP contribution in [0.15, 0.2) is 58.1 Å². The van der Waals surface area contributed by atoms with Crippen molar-refractivity contribution in [2.75, 3.05) is 26.2 Å². The van der Waals surface area contributed by atoms with Gasteiger partial charge < -0.3 is 14.5 Å². The van der Waals surface area contributed by atoms with Crippen molar-refractivity contribution >= 4 is 21.8 Å². The fourth-order valence-electron chi connectivity index (χ4n) is 4.89. The van der Waals surface area contributed by atoms with Crippen molar-refractivity contribution in [2.24, 2.45) is 10.3 Å². The largest absolute Gasteiger partial charge is 0.376 e. The molecule has 4 heterocycles. The number of nitrogens with zero attached hydrogens (tertiary/aromatic N) is 4. The first-order valence-electron chi connectivity index (χ1n) is 11.5. The number of amides is 1. The average molecular weight is 469 g/mol. The molecule has 0 spiro atoms. The van der Waals surface area contributed by atoms with E-state index in [2.05, 4.69) is 9.38 Å². The van der Waals surface area contributed by atoms with Crippen molar-refractivity contribution in [3.63, 3.8) is 0 Å². The third kappa shape index (κ3) is 4.65. The number of hydrogen-bond donors (Lipinski definition) is 0. The number of likely N-dealkylation sites (tertiary alicyclic amines) is 1. The van der Waals surface area contributed by atoms with E-state index in [0.29, 0.717) is 50.4 Å². The van der Waals surface area contributed by atoms with Crippen molar-refractivity contribution in [1.29, 1.82) is 0 Å². The van der Waals surface area contributed by atoms with Gasteiger partial charge >= 0.3 is 0 Å². The van der Waals surface area contributed by atoms with Gasteiger partial charge in [-0.05, 0) is 49.4 Å². The Kier molecular flexibility index (Phi) is 6.16. The van der Waals surface area contributed by atoms with Gasteiger partial charge in [-0.1, -0.05) is 18.2 Å². The lowest BCUT2D eigenvalue weighted by atomic mass is 9.94. The van der Waals surface area contributed by atoms with Crippen molar-refractivity contribution < 1.29 is 17.9 Å². The van der Waals surface area contributed by atoms with Crippen LogP contribution in [0.2, 0.25) is 0 Å². The maximum Gasteiger partial charge on any atom is 0.285 e. The van der Waals surface area contributed by atoms with Crippen LogP contribution in [-0.4, -0.2) is 67.3 Å². The minimum Gasteiger partial charge on any atom is -0.376 e. The Hall–Kier alpha value is -2.78.